The van der Waals surface area contributed by atoms with Crippen LogP contribution in [0.4, 0.5) is 0 Å². The van der Waals surface area contributed by atoms with E-state index in [-0.39, 0.29) is 23.8 Å². The van der Waals surface area contributed by atoms with E-state index in [0.29, 0.717) is 12.8 Å². The number of hydrogen-bond acceptors (Lipinski definition) is 5. The Labute approximate surface area is 178 Å². The minimum Gasteiger partial charge on any atom is -0.320 e. The third kappa shape index (κ3) is 5.52. The first kappa shape index (κ1) is 22.1. The first-order valence-electron chi connectivity index (χ1n) is 10.8. The van der Waals surface area contributed by atoms with Gasteiger partial charge in [0.2, 0.25) is 11.8 Å². The standard InChI is InChI=1S/C24H32N4O2/c1-17(2)15-20(25)23(29)28(24(30)21-12-8-14-27-21)22(18-9-4-3-5-10-18)16-19-11-6-7-13-26-19/h3-7,9-11,13,17,20-22,27H,8,12,14-16,25H2,1-2H3/t20-,21-,22-/m0/s1. The molecule has 0 aliphatic carbocycles. The lowest BCUT2D eigenvalue weighted by molar-refractivity contribution is -0.150. The highest BCUT2D eigenvalue weighted by Crippen LogP contribution is 2.28. The number of nitrogens with two attached hydrogens (primary N) is 1. The van der Waals surface area contributed by atoms with Gasteiger partial charge in [-0.3, -0.25) is 19.5 Å². The summed E-state index contributed by atoms with van der Waals surface area (Å²) in [6.07, 6.45) is 4.36. The highest BCUT2D eigenvalue weighted by molar-refractivity contribution is 6.00. The summed E-state index contributed by atoms with van der Waals surface area (Å²) in [7, 11) is 0. The number of aromatic nitrogens is 1. The number of nitrogens with zero attached hydrogens (tertiary/aromatic N) is 2. The van der Waals surface area contributed by atoms with Crippen LogP contribution in [-0.2, 0) is 16.0 Å². The summed E-state index contributed by atoms with van der Waals surface area (Å²) in [6, 6.07) is 13.9. The quantitative estimate of drug-likeness (QED) is 0.701. The Bertz CT molecular complexity index is 820. The van der Waals surface area contributed by atoms with Crippen molar-refractivity contribution in [2.24, 2.45) is 11.7 Å². The van der Waals surface area contributed by atoms with Crippen LogP contribution in [0.3, 0.4) is 0 Å². The maximum absolute atomic E-state index is 13.5. The van der Waals surface area contributed by atoms with Crippen LogP contribution in [0, 0.1) is 5.92 Å². The number of amides is 2. The molecule has 1 aliphatic rings. The van der Waals surface area contributed by atoms with Crippen LogP contribution in [0.2, 0.25) is 0 Å². The lowest BCUT2D eigenvalue weighted by Gasteiger charge is -2.34. The van der Waals surface area contributed by atoms with Gasteiger partial charge in [0, 0.05) is 18.3 Å². The minimum atomic E-state index is -0.717. The highest BCUT2D eigenvalue weighted by atomic mass is 16.2. The van der Waals surface area contributed by atoms with Gasteiger partial charge in [-0.15, -0.1) is 0 Å². The van der Waals surface area contributed by atoms with Gasteiger partial charge in [0.25, 0.3) is 0 Å². The number of benzene rings is 1. The number of pyridine rings is 1. The molecule has 1 fully saturated rings. The molecular weight excluding hydrogens is 376 g/mol. The fourth-order valence-electron chi connectivity index (χ4n) is 4.02. The van der Waals surface area contributed by atoms with E-state index in [1.807, 2.05) is 62.4 Å². The average Bonchev–Trinajstić information content (AvgIpc) is 3.29. The van der Waals surface area contributed by atoms with Crippen molar-refractivity contribution in [2.75, 3.05) is 6.54 Å². The Hall–Kier alpha value is -2.57. The molecule has 1 saturated heterocycles. The molecule has 3 N–H and O–H groups in total. The molecule has 2 aromatic rings. The Kier molecular flexibility index (Phi) is 7.71. The van der Waals surface area contributed by atoms with E-state index in [1.54, 1.807) is 6.20 Å². The van der Waals surface area contributed by atoms with Crippen molar-refractivity contribution in [3.63, 3.8) is 0 Å². The summed E-state index contributed by atoms with van der Waals surface area (Å²) in [5, 5.41) is 3.24. The van der Waals surface area contributed by atoms with Gasteiger partial charge in [0.1, 0.15) is 0 Å². The number of nitrogens with one attached hydrogen (secondary N) is 1. The van der Waals surface area contributed by atoms with Crippen LogP contribution in [-0.4, -0.2) is 40.3 Å². The van der Waals surface area contributed by atoms with Crippen molar-refractivity contribution in [3.8, 4) is 0 Å². The molecule has 0 spiro atoms. The second kappa shape index (κ2) is 10.5. The largest absolute Gasteiger partial charge is 0.320 e. The number of hydrogen-bond donors (Lipinski definition) is 2. The Balaban J connectivity index is 2.00. The lowest BCUT2D eigenvalue weighted by atomic mass is 9.96. The zero-order chi connectivity index (χ0) is 21.5. The number of carbonyl (C=O) groups excluding carboxylic acids is 2. The van der Waals surface area contributed by atoms with Gasteiger partial charge in [0.05, 0.1) is 18.1 Å². The molecule has 1 aromatic carbocycles. The van der Waals surface area contributed by atoms with Crippen molar-refractivity contribution in [2.45, 2.75) is 57.7 Å². The Morgan fingerprint density at radius 3 is 2.50 bits per heavy atom. The van der Waals surface area contributed by atoms with Crippen molar-refractivity contribution < 1.29 is 9.59 Å². The summed E-state index contributed by atoms with van der Waals surface area (Å²) in [5.74, 6) is -0.245. The summed E-state index contributed by atoms with van der Waals surface area (Å²) in [5.41, 5.74) is 8.02. The summed E-state index contributed by atoms with van der Waals surface area (Å²) in [6.45, 7) is 4.84. The van der Waals surface area contributed by atoms with E-state index < -0.39 is 12.1 Å². The van der Waals surface area contributed by atoms with Crippen molar-refractivity contribution in [3.05, 3.63) is 66.0 Å². The molecule has 3 rings (SSSR count). The van der Waals surface area contributed by atoms with E-state index in [2.05, 4.69) is 10.3 Å². The number of rotatable bonds is 8. The van der Waals surface area contributed by atoms with Crippen molar-refractivity contribution >= 4 is 11.8 Å². The third-order valence-corrected chi connectivity index (χ3v) is 5.50. The van der Waals surface area contributed by atoms with Gasteiger partial charge in [-0.05, 0) is 49.4 Å². The molecule has 160 valence electrons. The van der Waals surface area contributed by atoms with Crippen LogP contribution in [0.1, 0.15) is 50.4 Å². The maximum Gasteiger partial charge on any atom is 0.246 e. The summed E-state index contributed by atoms with van der Waals surface area (Å²) in [4.78, 5) is 32.9. The van der Waals surface area contributed by atoms with E-state index >= 15 is 0 Å². The van der Waals surface area contributed by atoms with Gasteiger partial charge in [-0.1, -0.05) is 50.2 Å². The van der Waals surface area contributed by atoms with Crippen LogP contribution in [0.25, 0.3) is 0 Å². The zero-order valence-corrected chi connectivity index (χ0v) is 17.8. The van der Waals surface area contributed by atoms with Gasteiger partial charge >= 0.3 is 0 Å². The van der Waals surface area contributed by atoms with Crippen LogP contribution in [0.15, 0.2) is 54.7 Å². The van der Waals surface area contributed by atoms with Crippen LogP contribution in [0.5, 0.6) is 0 Å². The Morgan fingerprint density at radius 2 is 1.90 bits per heavy atom. The molecule has 1 aromatic heterocycles. The smallest absolute Gasteiger partial charge is 0.246 e. The monoisotopic (exact) mass is 408 g/mol. The van der Waals surface area contributed by atoms with E-state index in [4.69, 9.17) is 5.73 Å². The van der Waals surface area contributed by atoms with Gasteiger partial charge < -0.3 is 11.1 Å². The summed E-state index contributed by atoms with van der Waals surface area (Å²) < 4.78 is 0. The van der Waals surface area contributed by atoms with Crippen molar-refractivity contribution in [1.29, 1.82) is 0 Å². The second-order valence-corrected chi connectivity index (χ2v) is 8.38. The first-order valence-corrected chi connectivity index (χ1v) is 10.8. The number of carbonyl (C=O) groups is 2. The second-order valence-electron chi connectivity index (χ2n) is 8.38. The van der Waals surface area contributed by atoms with Gasteiger partial charge in [-0.2, -0.15) is 0 Å². The number of imide groups is 1. The molecule has 2 heterocycles. The zero-order valence-electron chi connectivity index (χ0n) is 17.8. The predicted molar refractivity (Wildman–Crippen MR) is 117 cm³/mol. The SMILES string of the molecule is CC(C)C[C@H](N)C(=O)N(C(=O)[C@@H]1CCCN1)[C@@H](Cc1ccccn1)c1ccccc1. The average molecular weight is 409 g/mol. The van der Waals surface area contributed by atoms with Gasteiger partial charge in [-0.25, -0.2) is 0 Å². The first-order chi connectivity index (χ1) is 14.5. The topological polar surface area (TPSA) is 88.3 Å². The third-order valence-electron chi connectivity index (χ3n) is 5.50. The van der Waals surface area contributed by atoms with E-state index in [0.717, 1.165) is 30.6 Å². The molecule has 0 saturated carbocycles. The molecule has 6 heteroatoms. The maximum atomic E-state index is 13.5. The van der Waals surface area contributed by atoms with E-state index in [1.165, 1.54) is 4.90 Å². The predicted octanol–water partition coefficient (Wildman–Crippen LogP) is 2.85. The fourth-order valence-corrected chi connectivity index (χ4v) is 4.02. The molecule has 2 amide bonds. The molecule has 0 radical (unpaired) electrons. The molecule has 30 heavy (non-hydrogen) atoms. The van der Waals surface area contributed by atoms with Crippen LogP contribution < -0.4 is 11.1 Å². The molecule has 0 bridgehead atoms. The Morgan fingerprint density at radius 1 is 1.17 bits per heavy atom. The normalized spacial score (nSPS) is 18.2. The van der Waals surface area contributed by atoms with Crippen LogP contribution >= 0.6 is 0 Å². The van der Waals surface area contributed by atoms with E-state index in [9.17, 15) is 9.59 Å². The highest BCUT2D eigenvalue weighted by Gasteiger charge is 2.38. The molecular formula is C24H32N4O2. The van der Waals surface area contributed by atoms with Crippen molar-refractivity contribution in [1.82, 2.24) is 15.2 Å². The molecule has 1 aliphatic heterocycles. The molecule has 0 unspecified atom stereocenters. The lowest BCUT2D eigenvalue weighted by Crippen LogP contribution is -2.54. The van der Waals surface area contributed by atoms with Gasteiger partial charge in [0.15, 0.2) is 0 Å². The fraction of sp³-hybridized carbons (Fsp3) is 0.458. The molecule has 3 atom stereocenters. The molecule has 6 nitrogen and oxygen atoms in total. The minimum absolute atomic E-state index is 0.193. The summed E-state index contributed by atoms with van der Waals surface area (Å²) >= 11 is 0.